The van der Waals surface area contributed by atoms with Gasteiger partial charge in [0.05, 0.1) is 0 Å². The third-order valence-corrected chi connectivity index (χ3v) is 3.10. The lowest BCUT2D eigenvalue weighted by Crippen LogP contribution is -2.17. The van der Waals surface area contributed by atoms with Crippen molar-refractivity contribution in [2.24, 2.45) is 5.92 Å². The molecule has 2 atom stereocenters. The highest BCUT2D eigenvalue weighted by molar-refractivity contribution is 6.31. The van der Waals surface area contributed by atoms with Crippen LogP contribution in [-0.4, -0.2) is 11.1 Å². The van der Waals surface area contributed by atoms with Crippen molar-refractivity contribution in [2.75, 3.05) is 0 Å². The van der Waals surface area contributed by atoms with Gasteiger partial charge in [-0.1, -0.05) is 24.6 Å². The van der Waals surface area contributed by atoms with E-state index in [-0.39, 0.29) is 5.75 Å². The second kappa shape index (κ2) is 3.79. The second-order valence-electron chi connectivity index (χ2n) is 3.94. The number of hydrogen-bond acceptors (Lipinski definition) is 2. The standard InChI is InChI=1S/C11H14ClNO/c1-7-5-10(7)13-6-8-9(12)3-2-4-11(8)14/h2-4,7,10,13-14H,5-6H2,1H3. The molecule has 0 bridgehead atoms. The van der Waals surface area contributed by atoms with Crippen molar-refractivity contribution in [1.82, 2.24) is 5.32 Å². The first-order valence-electron chi connectivity index (χ1n) is 4.88. The Morgan fingerprint density at radius 3 is 2.86 bits per heavy atom. The van der Waals surface area contributed by atoms with Crippen LogP contribution in [0, 0.1) is 5.92 Å². The molecule has 1 saturated carbocycles. The molecule has 0 spiro atoms. The normalized spacial score (nSPS) is 25.0. The molecule has 1 aromatic rings. The highest BCUT2D eigenvalue weighted by Gasteiger charge is 2.31. The van der Waals surface area contributed by atoms with E-state index >= 15 is 0 Å². The summed E-state index contributed by atoms with van der Waals surface area (Å²) in [5, 5.41) is 13.6. The Bertz CT molecular complexity index is 320. The molecule has 0 radical (unpaired) electrons. The molecule has 2 unspecified atom stereocenters. The molecular formula is C11H14ClNO. The maximum Gasteiger partial charge on any atom is 0.121 e. The van der Waals surface area contributed by atoms with E-state index in [2.05, 4.69) is 12.2 Å². The Balaban J connectivity index is 2.01. The van der Waals surface area contributed by atoms with Gasteiger partial charge < -0.3 is 10.4 Å². The lowest BCUT2D eigenvalue weighted by atomic mass is 10.2. The Morgan fingerprint density at radius 2 is 2.29 bits per heavy atom. The van der Waals surface area contributed by atoms with Crippen LogP contribution in [0.1, 0.15) is 18.9 Å². The van der Waals surface area contributed by atoms with Crippen molar-refractivity contribution < 1.29 is 5.11 Å². The van der Waals surface area contributed by atoms with Gasteiger partial charge in [0.2, 0.25) is 0 Å². The number of rotatable bonds is 3. The number of hydrogen-bond donors (Lipinski definition) is 2. The Hall–Kier alpha value is -0.730. The van der Waals surface area contributed by atoms with Gasteiger partial charge in [0.25, 0.3) is 0 Å². The summed E-state index contributed by atoms with van der Waals surface area (Å²) in [4.78, 5) is 0. The van der Waals surface area contributed by atoms with Gasteiger partial charge in [-0.2, -0.15) is 0 Å². The van der Waals surface area contributed by atoms with E-state index < -0.39 is 0 Å². The first-order chi connectivity index (χ1) is 6.68. The second-order valence-corrected chi connectivity index (χ2v) is 4.35. The summed E-state index contributed by atoms with van der Waals surface area (Å²) < 4.78 is 0. The molecule has 1 aliphatic rings. The van der Waals surface area contributed by atoms with Gasteiger partial charge in [0, 0.05) is 23.2 Å². The minimum atomic E-state index is 0.276. The van der Waals surface area contributed by atoms with Crippen LogP contribution in [0.5, 0.6) is 5.75 Å². The maximum absolute atomic E-state index is 9.57. The molecule has 2 rings (SSSR count). The third-order valence-electron chi connectivity index (χ3n) is 2.74. The topological polar surface area (TPSA) is 32.3 Å². The van der Waals surface area contributed by atoms with Gasteiger partial charge in [0.1, 0.15) is 5.75 Å². The zero-order chi connectivity index (χ0) is 10.1. The number of nitrogens with one attached hydrogen (secondary N) is 1. The van der Waals surface area contributed by atoms with Crippen molar-refractivity contribution in [2.45, 2.75) is 25.9 Å². The Labute approximate surface area is 88.9 Å². The number of halogens is 1. The van der Waals surface area contributed by atoms with Crippen LogP contribution >= 0.6 is 11.6 Å². The van der Waals surface area contributed by atoms with E-state index in [1.54, 1.807) is 18.2 Å². The molecule has 1 aromatic carbocycles. The van der Waals surface area contributed by atoms with Crippen molar-refractivity contribution in [3.8, 4) is 5.75 Å². The molecule has 0 saturated heterocycles. The van der Waals surface area contributed by atoms with E-state index in [1.807, 2.05) is 0 Å². The Morgan fingerprint density at radius 1 is 1.57 bits per heavy atom. The highest BCUT2D eigenvalue weighted by atomic mass is 35.5. The van der Waals surface area contributed by atoms with Crippen LogP contribution in [0.3, 0.4) is 0 Å². The summed E-state index contributed by atoms with van der Waals surface area (Å²) in [7, 11) is 0. The monoisotopic (exact) mass is 211 g/mol. The fourth-order valence-corrected chi connectivity index (χ4v) is 1.80. The molecule has 2 nitrogen and oxygen atoms in total. The number of aromatic hydroxyl groups is 1. The average molecular weight is 212 g/mol. The number of benzene rings is 1. The van der Waals surface area contributed by atoms with Crippen LogP contribution in [0.4, 0.5) is 0 Å². The number of phenolic OH excluding ortho intramolecular Hbond substituents is 1. The molecule has 76 valence electrons. The third kappa shape index (κ3) is 2.02. The van der Waals surface area contributed by atoms with E-state index in [0.29, 0.717) is 17.6 Å². The van der Waals surface area contributed by atoms with Crippen LogP contribution in [0.25, 0.3) is 0 Å². The van der Waals surface area contributed by atoms with E-state index in [4.69, 9.17) is 11.6 Å². The molecule has 0 amide bonds. The van der Waals surface area contributed by atoms with E-state index in [0.717, 1.165) is 11.5 Å². The lowest BCUT2D eigenvalue weighted by Gasteiger charge is -2.07. The summed E-state index contributed by atoms with van der Waals surface area (Å²) in [6, 6.07) is 5.82. The molecular weight excluding hydrogens is 198 g/mol. The summed E-state index contributed by atoms with van der Waals surface area (Å²) in [5.41, 5.74) is 0.799. The van der Waals surface area contributed by atoms with Crippen LogP contribution < -0.4 is 5.32 Å². The van der Waals surface area contributed by atoms with Gasteiger partial charge in [-0.15, -0.1) is 0 Å². The number of phenols is 1. The molecule has 14 heavy (non-hydrogen) atoms. The van der Waals surface area contributed by atoms with Gasteiger partial charge in [-0.05, 0) is 24.5 Å². The molecule has 2 N–H and O–H groups in total. The predicted molar refractivity (Wildman–Crippen MR) is 57.5 cm³/mol. The van der Waals surface area contributed by atoms with Crippen LogP contribution in [0.2, 0.25) is 5.02 Å². The molecule has 0 aromatic heterocycles. The SMILES string of the molecule is CC1CC1NCc1c(O)cccc1Cl. The predicted octanol–water partition coefficient (Wildman–Crippen LogP) is 2.54. The Kier molecular flexibility index (Phi) is 2.66. The minimum absolute atomic E-state index is 0.276. The molecule has 3 heteroatoms. The summed E-state index contributed by atoms with van der Waals surface area (Å²) in [5.74, 6) is 1.04. The zero-order valence-electron chi connectivity index (χ0n) is 8.13. The maximum atomic E-state index is 9.57. The zero-order valence-corrected chi connectivity index (χ0v) is 8.88. The fourth-order valence-electron chi connectivity index (χ4n) is 1.56. The minimum Gasteiger partial charge on any atom is -0.508 e. The quantitative estimate of drug-likeness (QED) is 0.806. The van der Waals surface area contributed by atoms with Gasteiger partial charge >= 0.3 is 0 Å². The highest BCUT2D eigenvalue weighted by Crippen LogP contribution is 2.31. The lowest BCUT2D eigenvalue weighted by molar-refractivity contribution is 0.464. The van der Waals surface area contributed by atoms with Crippen LogP contribution in [0.15, 0.2) is 18.2 Å². The average Bonchev–Trinajstić information content (AvgIpc) is 2.81. The van der Waals surface area contributed by atoms with Crippen molar-refractivity contribution >= 4 is 11.6 Å². The van der Waals surface area contributed by atoms with Crippen molar-refractivity contribution in [3.05, 3.63) is 28.8 Å². The smallest absolute Gasteiger partial charge is 0.121 e. The summed E-state index contributed by atoms with van der Waals surface area (Å²) >= 11 is 5.97. The first-order valence-corrected chi connectivity index (χ1v) is 5.26. The first kappa shape index (κ1) is 9.81. The fraction of sp³-hybridized carbons (Fsp3) is 0.455. The van der Waals surface area contributed by atoms with Crippen molar-refractivity contribution in [3.63, 3.8) is 0 Å². The largest absolute Gasteiger partial charge is 0.508 e. The van der Waals surface area contributed by atoms with Gasteiger partial charge in [-0.25, -0.2) is 0 Å². The van der Waals surface area contributed by atoms with Crippen LogP contribution in [-0.2, 0) is 6.54 Å². The molecule has 1 fully saturated rings. The van der Waals surface area contributed by atoms with E-state index in [1.165, 1.54) is 6.42 Å². The summed E-state index contributed by atoms with van der Waals surface area (Å²) in [6.45, 7) is 2.87. The molecule has 0 aliphatic heterocycles. The summed E-state index contributed by atoms with van der Waals surface area (Å²) in [6.07, 6.45) is 1.23. The van der Waals surface area contributed by atoms with Gasteiger partial charge in [-0.3, -0.25) is 0 Å². The molecule has 0 heterocycles. The van der Waals surface area contributed by atoms with E-state index in [9.17, 15) is 5.11 Å². The van der Waals surface area contributed by atoms with Crippen molar-refractivity contribution in [1.29, 1.82) is 0 Å². The van der Waals surface area contributed by atoms with Gasteiger partial charge in [0.15, 0.2) is 0 Å². The molecule has 1 aliphatic carbocycles.